The molecule has 32 heavy (non-hydrogen) atoms. The molecule has 0 saturated heterocycles. The highest BCUT2D eigenvalue weighted by molar-refractivity contribution is 7.15. The molecule has 1 heterocycles. The van der Waals surface area contributed by atoms with E-state index in [2.05, 4.69) is 5.32 Å². The summed E-state index contributed by atoms with van der Waals surface area (Å²) >= 11 is 7.66. The van der Waals surface area contributed by atoms with Crippen molar-refractivity contribution in [1.29, 1.82) is 0 Å². The standard InChI is InChI=1S/C24H16ClF3N2OS/c25-19-12-5-4-11-18(19)23-30-22(15-7-2-1-3-8-15)20(32-23)14-21(31)29-17-10-6-9-16(13-17)24(26,27)28/h1-13H,14H2,(H,29,31). The quantitative estimate of drug-likeness (QED) is 0.330. The molecule has 1 N–H and O–H groups in total. The fourth-order valence-electron chi connectivity index (χ4n) is 3.17. The lowest BCUT2D eigenvalue weighted by molar-refractivity contribution is -0.137. The molecule has 1 aromatic heterocycles. The number of nitrogens with one attached hydrogen (secondary N) is 1. The topological polar surface area (TPSA) is 42.0 Å². The third-order valence-corrected chi connectivity index (χ3v) is 6.06. The molecule has 0 bridgehead atoms. The van der Waals surface area contributed by atoms with Crippen molar-refractivity contribution in [1.82, 2.24) is 4.98 Å². The van der Waals surface area contributed by atoms with E-state index in [-0.39, 0.29) is 12.1 Å². The van der Waals surface area contributed by atoms with E-state index in [0.29, 0.717) is 20.6 Å². The molecule has 0 aliphatic rings. The first-order chi connectivity index (χ1) is 15.3. The SMILES string of the molecule is O=C(Cc1sc(-c2ccccc2Cl)nc1-c1ccccc1)Nc1cccc(C(F)(F)F)c1. The van der Waals surface area contributed by atoms with Gasteiger partial charge in [0.15, 0.2) is 0 Å². The van der Waals surface area contributed by atoms with Gasteiger partial charge >= 0.3 is 6.18 Å². The van der Waals surface area contributed by atoms with Crippen LogP contribution in [-0.2, 0) is 17.4 Å². The Bertz CT molecular complexity index is 1260. The van der Waals surface area contributed by atoms with Crippen molar-refractivity contribution in [2.75, 3.05) is 5.32 Å². The van der Waals surface area contributed by atoms with Crippen LogP contribution in [0.4, 0.5) is 18.9 Å². The van der Waals surface area contributed by atoms with E-state index in [4.69, 9.17) is 16.6 Å². The number of hydrogen-bond donors (Lipinski definition) is 1. The molecule has 4 rings (SSSR count). The molecule has 0 spiro atoms. The molecule has 0 radical (unpaired) electrons. The van der Waals surface area contributed by atoms with Crippen LogP contribution in [0.5, 0.6) is 0 Å². The van der Waals surface area contributed by atoms with Gasteiger partial charge in [-0.25, -0.2) is 4.98 Å². The van der Waals surface area contributed by atoms with Crippen molar-refractivity contribution in [3.63, 3.8) is 0 Å². The fourth-order valence-corrected chi connectivity index (χ4v) is 4.57. The van der Waals surface area contributed by atoms with Gasteiger partial charge in [-0.2, -0.15) is 13.2 Å². The number of benzene rings is 3. The number of nitrogens with zero attached hydrogens (tertiary/aromatic N) is 1. The summed E-state index contributed by atoms with van der Waals surface area (Å²) in [6, 6.07) is 21.2. The van der Waals surface area contributed by atoms with Crippen LogP contribution in [0.25, 0.3) is 21.8 Å². The summed E-state index contributed by atoms with van der Waals surface area (Å²) in [6.07, 6.45) is -4.52. The van der Waals surface area contributed by atoms with Crippen LogP contribution in [-0.4, -0.2) is 10.9 Å². The zero-order valence-corrected chi connectivity index (χ0v) is 18.1. The molecule has 0 unspecified atom stereocenters. The average Bonchev–Trinajstić information content (AvgIpc) is 3.17. The lowest BCUT2D eigenvalue weighted by Crippen LogP contribution is -2.15. The molecule has 0 fully saturated rings. The number of rotatable bonds is 5. The van der Waals surface area contributed by atoms with Gasteiger partial charge in [0.1, 0.15) is 5.01 Å². The number of anilines is 1. The highest BCUT2D eigenvalue weighted by Gasteiger charge is 2.30. The van der Waals surface area contributed by atoms with Crippen LogP contribution in [0.3, 0.4) is 0 Å². The second-order valence-corrected chi connectivity index (χ2v) is 8.43. The minimum Gasteiger partial charge on any atom is -0.326 e. The van der Waals surface area contributed by atoms with Crippen molar-refractivity contribution in [3.05, 3.63) is 94.3 Å². The predicted molar refractivity (Wildman–Crippen MR) is 122 cm³/mol. The second-order valence-electron chi connectivity index (χ2n) is 6.94. The van der Waals surface area contributed by atoms with Gasteiger partial charge < -0.3 is 5.32 Å². The van der Waals surface area contributed by atoms with Crippen molar-refractivity contribution in [3.8, 4) is 21.8 Å². The summed E-state index contributed by atoms with van der Waals surface area (Å²) in [7, 11) is 0. The smallest absolute Gasteiger partial charge is 0.326 e. The normalized spacial score (nSPS) is 11.4. The first kappa shape index (κ1) is 22.0. The lowest BCUT2D eigenvalue weighted by Gasteiger charge is -2.10. The summed E-state index contributed by atoms with van der Waals surface area (Å²) in [6.45, 7) is 0. The monoisotopic (exact) mass is 472 g/mol. The molecule has 4 aromatic rings. The third-order valence-electron chi connectivity index (χ3n) is 4.64. The number of amides is 1. The zero-order valence-electron chi connectivity index (χ0n) is 16.5. The highest BCUT2D eigenvalue weighted by Crippen LogP contribution is 2.37. The minimum absolute atomic E-state index is 0.0391. The third kappa shape index (κ3) is 5.00. The second kappa shape index (κ2) is 9.14. The van der Waals surface area contributed by atoms with Gasteiger partial charge in [-0.3, -0.25) is 4.79 Å². The molecule has 0 saturated carbocycles. The zero-order chi connectivity index (χ0) is 22.7. The Morgan fingerprint density at radius 3 is 2.41 bits per heavy atom. The Balaban J connectivity index is 1.64. The van der Waals surface area contributed by atoms with Crippen LogP contribution in [0.15, 0.2) is 78.9 Å². The molecular weight excluding hydrogens is 457 g/mol. The number of halogens is 4. The Morgan fingerprint density at radius 1 is 0.969 bits per heavy atom. The number of carbonyl (C=O) groups is 1. The van der Waals surface area contributed by atoms with Gasteiger partial charge in [0.25, 0.3) is 0 Å². The lowest BCUT2D eigenvalue weighted by atomic mass is 10.1. The largest absolute Gasteiger partial charge is 0.416 e. The number of alkyl halides is 3. The van der Waals surface area contributed by atoms with Gasteiger partial charge in [0, 0.05) is 21.7 Å². The van der Waals surface area contributed by atoms with Gasteiger partial charge in [0.2, 0.25) is 5.91 Å². The van der Waals surface area contributed by atoms with Crippen molar-refractivity contribution in [2.45, 2.75) is 12.6 Å². The van der Waals surface area contributed by atoms with E-state index in [0.717, 1.165) is 23.3 Å². The molecule has 0 atom stereocenters. The predicted octanol–water partition coefficient (Wildman–Crippen LogP) is 7.33. The van der Waals surface area contributed by atoms with E-state index < -0.39 is 17.6 Å². The molecule has 1 amide bonds. The number of hydrogen-bond acceptors (Lipinski definition) is 3. The van der Waals surface area contributed by atoms with Crippen LogP contribution in [0, 0.1) is 0 Å². The number of carbonyl (C=O) groups excluding carboxylic acids is 1. The highest BCUT2D eigenvalue weighted by atomic mass is 35.5. The van der Waals surface area contributed by atoms with E-state index in [1.54, 1.807) is 6.07 Å². The van der Waals surface area contributed by atoms with Crippen LogP contribution < -0.4 is 5.32 Å². The van der Waals surface area contributed by atoms with Crippen molar-refractivity contribution in [2.24, 2.45) is 0 Å². The molecule has 0 aliphatic carbocycles. The average molecular weight is 473 g/mol. The van der Waals surface area contributed by atoms with Gasteiger partial charge in [-0.1, -0.05) is 66.2 Å². The van der Waals surface area contributed by atoms with E-state index in [1.165, 1.54) is 23.5 Å². The van der Waals surface area contributed by atoms with Crippen molar-refractivity contribution >= 4 is 34.5 Å². The van der Waals surface area contributed by atoms with Gasteiger partial charge in [-0.05, 0) is 24.3 Å². The van der Waals surface area contributed by atoms with Gasteiger partial charge in [0.05, 0.1) is 22.7 Å². The summed E-state index contributed by atoms with van der Waals surface area (Å²) in [5, 5.41) is 3.76. The summed E-state index contributed by atoms with van der Waals surface area (Å²) in [5.74, 6) is -0.434. The molecule has 162 valence electrons. The summed E-state index contributed by atoms with van der Waals surface area (Å²) in [5.41, 5.74) is 1.50. The number of aromatic nitrogens is 1. The summed E-state index contributed by atoms with van der Waals surface area (Å²) in [4.78, 5) is 18.1. The van der Waals surface area contributed by atoms with E-state index in [9.17, 15) is 18.0 Å². The molecule has 0 aliphatic heterocycles. The molecule has 8 heteroatoms. The maximum absolute atomic E-state index is 13.0. The Morgan fingerprint density at radius 2 is 1.69 bits per heavy atom. The Kier molecular flexibility index (Phi) is 6.30. The van der Waals surface area contributed by atoms with Crippen molar-refractivity contribution < 1.29 is 18.0 Å². The van der Waals surface area contributed by atoms with Crippen LogP contribution in [0.2, 0.25) is 5.02 Å². The summed E-state index contributed by atoms with van der Waals surface area (Å²) < 4.78 is 38.9. The molecule has 3 aromatic carbocycles. The minimum atomic E-state index is -4.48. The van der Waals surface area contributed by atoms with Gasteiger partial charge in [-0.15, -0.1) is 11.3 Å². The number of thiazole rings is 1. The fraction of sp³-hybridized carbons (Fsp3) is 0.0833. The Labute approximate surface area is 191 Å². The molecule has 3 nitrogen and oxygen atoms in total. The van der Waals surface area contributed by atoms with Crippen LogP contribution >= 0.6 is 22.9 Å². The molecular formula is C24H16ClF3N2OS. The Hall–Kier alpha value is -3.16. The first-order valence-corrected chi connectivity index (χ1v) is 10.8. The van der Waals surface area contributed by atoms with E-state index >= 15 is 0 Å². The maximum Gasteiger partial charge on any atom is 0.416 e. The van der Waals surface area contributed by atoms with E-state index in [1.807, 2.05) is 48.5 Å². The maximum atomic E-state index is 13.0. The first-order valence-electron chi connectivity index (χ1n) is 9.58. The van der Waals surface area contributed by atoms with Crippen LogP contribution in [0.1, 0.15) is 10.4 Å².